The van der Waals surface area contributed by atoms with Crippen LogP contribution in [-0.2, 0) is 11.3 Å². The summed E-state index contributed by atoms with van der Waals surface area (Å²) in [6.07, 6.45) is 1.87. The van der Waals surface area contributed by atoms with Crippen LogP contribution in [0.4, 0.5) is 4.79 Å². The van der Waals surface area contributed by atoms with Crippen molar-refractivity contribution in [2.45, 2.75) is 32.4 Å². The van der Waals surface area contributed by atoms with E-state index in [1.807, 2.05) is 35.2 Å². The number of amides is 1. The number of rotatable bonds is 3. The zero-order valence-corrected chi connectivity index (χ0v) is 12.6. The normalized spacial score (nSPS) is 22.0. The van der Waals surface area contributed by atoms with Crippen molar-refractivity contribution in [1.29, 1.82) is 0 Å². The van der Waals surface area contributed by atoms with Gasteiger partial charge in [-0.3, -0.25) is 0 Å². The zero-order valence-electron chi connectivity index (χ0n) is 11.8. The van der Waals surface area contributed by atoms with Crippen molar-refractivity contribution < 1.29 is 9.53 Å². The van der Waals surface area contributed by atoms with E-state index in [9.17, 15) is 4.79 Å². The Morgan fingerprint density at radius 3 is 2.70 bits per heavy atom. The summed E-state index contributed by atoms with van der Waals surface area (Å²) >= 11 is 0. The molecule has 0 aromatic heterocycles. The van der Waals surface area contributed by atoms with E-state index in [1.54, 1.807) is 0 Å². The number of nitrogens with two attached hydrogens (primary N) is 1. The molecule has 2 atom stereocenters. The summed E-state index contributed by atoms with van der Waals surface area (Å²) in [5.41, 5.74) is 6.71. The Hall–Kier alpha value is -1.26. The molecule has 1 fully saturated rings. The van der Waals surface area contributed by atoms with E-state index in [1.165, 1.54) is 0 Å². The molecule has 1 heterocycles. The minimum atomic E-state index is -0.227. The molecule has 112 valence electrons. The van der Waals surface area contributed by atoms with Gasteiger partial charge in [0.25, 0.3) is 0 Å². The van der Waals surface area contributed by atoms with E-state index in [-0.39, 0.29) is 24.5 Å². The van der Waals surface area contributed by atoms with Gasteiger partial charge in [0.1, 0.15) is 6.61 Å². The van der Waals surface area contributed by atoms with Gasteiger partial charge < -0.3 is 15.4 Å². The summed E-state index contributed by atoms with van der Waals surface area (Å²) in [6, 6.07) is 9.98. The lowest BCUT2D eigenvalue weighted by atomic mass is 9.94. The van der Waals surface area contributed by atoms with E-state index in [4.69, 9.17) is 10.5 Å². The molecular weight excluding hydrogens is 276 g/mol. The molecule has 1 aromatic rings. The Balaban J connectivity index is 0.00000200. The fourth-order valence-corrected chi connectivity index (χ4v) is 2.43. The highest BCUT2D eigenvalue weighted by atomic mass is 35.5. The summed E-state index contributed by atoms with van der Waals surface area (Å²) in [5.74, 6) is 0.403. The lowest BCUT2D eigenvalue weighted by Gasteiger charge is -2.36. The molecule has 5 heteroatoms. The van der Waals surface area contributed by atoms with E-state index >= 15 is 0 Å². The van der Waals surface area contributed by atoms with Gasteiger partial charge in [-0.05, 0) is 37.8 Å². The highest BCUT2D eigenvalue weighted by molar-refractivity contribution is 5.85. The summed E-state index contributed by atoms with van der Waals surface area (Å²) in [4.78, 5) is 13.9. The number of hydrogen-bond donors (Lipinski definition) is 1. The first-order chi connectivity index (χ1) is 9.20. The average Bonchev–Trinajstić information content (AvgIpc) is 2.46. The maximum absolute atomic E-state index is 12.1. The predicted molar refractivity (Wildman–Crippen MR) is 81.8 cm³/mol. The molecule has 0 bridgehead atoms. The molecule has 0 saturated carbocycles. The molecule has 1 aliphatic rings. The Bertz CT molecular complexity index is 414. The monoisotopic (exact) mass is 298 g/mol. The van der Waals surface area contributed by atoms with E-state index < -0.39 is 0 Å². The summed E-state index contributed by atoms with van der Waals surface area (Å²) in [7, 11) is 0. The summed E-state index contributed by atoms with van der Waals surface area (Å²) in [5, 5.41) is 0. The van der Waals surface area contributed by atoms with Gasteiger partial charge in [0.15, 0.2) is 0 Å². The minimum Gasteiger partial charge on any atom is -0.445 e. The highest BCUT2D eigenvalue weighted by Crippen LogP contribution is 2.22. The van der Waals surface area contributed by atoms with Crippen molar-refractivity contribution in [3.8, 4) is 0 Å². The third-order valence-corrected chi connectivity index (χ3v) is 3.75. The van der Waals surface area contributed by atoms with E-state index in [2.05, 4.69) is 6.92 Å². The SMILES string of the molecule is CC1CCC(CN)CN1C(=O)OCc1ccccc1.Cl. The zero-order chi connectivity index (χ0) is 13.7. The summed E-state index contributed by atoms with van der Waals surface area (Å²) in [6.45, 7) is 3.74. The summed E-state index contributed by atoms with van der Waals surface area (Å²) < 4.78 is 5.38. The molecule has 4 nitrogen and oxygen atoms in total. The Labute approximate surface area is 126 Å². The van der Waals surface area contributed by atoms with Crippen LogP contribution < -0.4 is 5.73 Å². The minimum absolute atomic E-state index is 0. The third-order valence-electron chi connectivity index (χ3n) is 3.75. The van der Waals surface area contributed by atoms with Gasteiger partial charge in [-0.1, -0.05) is 30.3 Å². The van der Waals surface area contributed by atoms with Crippen LogP contribution in [0.25, 0.3) is 0 Å². The van der Waals surface area contributed by atoms with Crippen LogP contribution in [0.3, 0.4) is 0 Å². The molecular formula is C15H23ClN2O2. The Morgan fingerprint density at radius 1 is 1.35 bits per heavy atom. The number of ether oxygens (including phenoxy) is 1. The molecule has 2 unspecified atom stereocenters. The Morgan fingerprint density at radius 2 is 2.05 bits per heavy atom. The second-order valence-electron chi connectivity index (χ2n) is 5.22. The van der Waals surface area contributed by atoms with Gasteiger partial charge in [-0.2, -0.15) is 0 Å². The van der Waals surface area contributed by atoms with Gasteiger partial charge in [0.2, 0.25) is 0 Å². The Kier molecular flexibility index (Phi) is 6.82. The molecule has 1 aliphatic heterocycles. The van der Waals surface area contributed by atoms with Gasteiger partial charge >= 0.3 is 6.09 Å². The topological polar surface area (TPSA) is 55.6 Å². The van der Waals surface area contributed by atoms with Crippen molar-refractivity contribution >= 4 is 18.5 Å². The fourth-order valence-electron chi connectivity index (χ4n) is 2.43. The van der Waals surface area contributed by atoms with Gasteiger partial charge in [0.05, 0.1) is 0 Å². The lowest BCUT2D eigenvalue weighted by molar-refractivity contribution is 0.0600. The number of nitrogens with zero attached hydrogens (tertiary/aromatic N) is 1. The third kappa shape index (κ3) is 4.39. The van der Waals surface area contributed by atoms with E-state index in [0.29, 0.717) is 25.6 Å². The number of benzene rings is 1. The van der Waals surface area contributed by atoms with Crippen LogP contribution in [0.1, 0.15) is 25.3 Å². The number of piperidine rings is 1. The fraction of sp³-hybridized carbons (Fsp3) is 0.533. The van der Waals surface area contributed by atoms with Crippen LogP contribution in [0.15, 0.2) is 30.3 Å². The molecule has 2 rings (SSSR count). The maximum atomic E-state index is 12.1. The number of carbonyl (C=O) groups is 1. The molecule has 0 radical (unpaired) electrons. The first-order valence-electron chi connectivity index (χ1n) is 6.88. The molecule has 2 N–H and O–H groups in total. The smallest absolute Gasteiger partial charge is 0.410 e. The van der Waals surface area contributed by atoms with Crippen LogP contribution in [0.2, 0.25) is 0 Å². The molecule has 0 aliphatic carbocycles. The van der Waals surface area contributed by atoms with Crippen molar-refractivity contribution in [2.75, 3.05) is 13.1 Å². The first-order valence-corrected chi connectivity index (χ1v) is 6.88. The van der Waals surface area contributed by atoms with Crippen molar-refractivity contribution in [3.05, 3.63) is 35.9 Å². The predicted octanol–water partition coefficient (Wildman–Crippen LogP) is 2.80. The molecule has 20 heavy (non-hydrogen) atoms. The van der Waals surface area contributed by atoms with Crippen LogP contribution in [0, 0.1) is 5.92 Å². The molecule has 1 amide bonds. The number of halogens is 1. The van der Waals surface area contributed by atoms with Crippen LogP contribution >= 0.6 is 12.4 Å². The van der Waals surface area contributed by atoms with Crippen molar-refractivity contribution in [1.82, 2.24) is 4.90 Å². The lowest BCUT2D eigenvalue weighted by Crippen LogP contribution is -2.47. The van der Waals surface area contributed by atoms with Crippen molar-refractivity contribution in [3.63, 3.8) is 0 Å². The van der Waals surface area contributed by atoms with Gasteiger partial charge in [-0.25, -0.2) is 4.79 Å². The maximum Gasteiger partial charge on any atom is 0.410 e. The van der Waals surface area contributed by atoms with Gasteiger partial charge in [0, 0.05) is 12.6 Å². The second kappa shape index (κ2) is 8.12. The van der Waals surface area contributed by atoms with Crippen LogP contribution in [-0.4, -0.2) is 30.1 Å². The quantitative estimate of drug-likeness (QED) is 0.933. The standard InChI is InChI=1S/C15H22N2O2.ClH/c1-12-7-8-14(9-16)10-17(12)15(18)19-11-13-5-3-2-4-6-13;/h2-6,12,14H,7-11,16H2,1H3;1H. The second-order valence-corrected chi connectivity index (χ2v) is 5.22. The van der Waals surface area contributed by atoms with Gasteiger partial charge in [-0.15, -0.1) is 12.4 Å². The molecule has 1 aromatic carbocycles. The van der Waals surface area contributed by atoms with Crippen LogP contribution in [0.5, 0.6) is 0 Å². The molecule has 1 saturated heterocycles. The first kappa shape index (κ1) is 16.8. The van der Waals surface area contributed by atoms with E-state index in [0.717, 1.165) is 18.4 Å². The highest BCUT2D eigenvalue weighted by Gasteiger charge is 2.29. The molecule has 0 spiro atoms. The van der Waals surface area contributed by atoms with Crippen molar-refractivity contribution in [2.24, 2.45) is 11.7 Å². The largest absolute Gasteiger partial charge is 0.445 e. The number of likely N-dealkylation sites (tertiary alicyclic amines) is 1. The number of carbonyl (C=O) groups excluding carboxylic acids is 1. The number of hydrogen-bond acceptors (Lipinski definition) is 3. The average molecular weight is 299 g/mol.